The maximum absolute atomic E-state index is 11.1. The zero-order chi connectivity index (χ0) is 17.1. The Morgan fingerprint density at radius 2 is 1.91 bits per heavy atom. The highest BCUT2D eigenvalue weighted by molar-refractivity contribution is 9.10. The Hall–Kier alpha value is -1.66. The second-order valence-electron chi connectivity index (χ2n) is 6.04. The van der Waals surface area contributed by atoms with E-state index in [1.807, 2.05) is 47.1 Å². The molecule has 0 radical (unpaired) electrons. The minimum absolute atomic E-state index is 0.273. The predicted molar refractivity (Wildman–Crippen MR) is 93.9 cm³/mol. The fraction of sp³-hybridized carbons (Fsp3) is 0.412. The Morgan fingerprint density at radius 3 is 2.43 bits per heavy atom. The maximum Gasteiger partial charge on any atom is 0.320 e. The van der Waals surface area contributed by atoms with Gasteiger partial charge in [0.15, 0.2) is 0 Å². The third-order valence-corrected chi connectivity index (χ3v) is 4.43. The van der Waals surface area contributed by atoms with Crippen LogP contribution in [0.4, 0.5) is 0 Å². The molecule has 5 nitrogen and oxygen atoms in total. The highest BCUT2D eigenvalue weighted by atomic mass is 79.9. The molecule has 0 fully saturated rings. The first-order chi connectivity index (χ1) is 10.8. The fourth-order valence-electron chi connectivity index (χ4n) is 2.35. The van der Waals surface area contributed by atoms with Gasteiger partial charge >= 0.3 is 5.97 Å². The smallest absolute Gasteiger partial charge is 0.320 e. The lowest BCUT2D eigenvalue weighted by atomic mass is 10.1. The van der Waals surface area contributed by atoms with Gasteiger partial charge in [0.25, 0.3) is 0 Å². The lowest BCUT2D eigenvalue weighted by Gasteiger charge is -2.21. The van der Waals surface area contributed by atoms with Crippen LogP contribution in [0.15, 0.2) is 34.9 Å². The number of aliphatic carboxylic acids is 1. The summed E-state index contributed by atoms with van der Waals surface area (Å²) in [4.78, 5) is 13.0. The van der Waals surface area contributed by atoms with Crippen molar-refractivity contribution in [3.63, 3.8) is 0 Å². The minimum Gasteiger partial charge on any atom is -0.480 e. The van der Waals surface area contributed by atoms with Crippen molar-refractivity contribution in [1.29, 1.82) is 0 Å². The SMILES string of the molecule is CC(C)c1nn(-c2ccc(Br)cc2)cc1CN(C)C(C)C(=O)O. The van der Waals surface area contributed by atoms with E-state index in [2.05, 4.69) is 29.8 Å². The lowest BCUT2D eigenvalue weighted by Crippen LogP contribution is -2.35. The summed E-state index contributed by atoms with van der Waals surface area (Å²) in [6.07, 6.45) is 1.99. The summed E-state index contributed by atoms with van der Waals surface area (Å²) in [5.41, 5.74) is 3.03. The molecular weight excluding hydrogens is 358 g/mol. The summed E-state index contributed by atoms with van der Waals surface area (Å²) < 4.78 is 2.88. The van der Waals surface area contributed by atoms with E-state index in [4.69, 9.17) is 10.2 Å². The molecule has 0 aliphatic carbocycles. The molecule has 1 unspecified atom stereocenters. The van der Waals surface area contributed by atoms with Crippen LogP contribution in [0.5, 0.6) is 0 Å². The van der Waals surface area contributed by atoms with Crippen molar-refractivity contribution in [3.05, 3.63) is 46.2 Å². The number of nitrogens with zero attached hydrogens (tertiary/aromatic N) is 3. The van der Waals surface area contributed by atoms with Crippen LogP contribution in [0, 0.1) is 0 Å². The van der Waals surface area contributed by atoms with Gasteiger partial charge in [-0.2, -0.15) is 5.10 Å². The molecule has 0 spiro atoms. The minimum atomic E-state index is -0.820. The van der Waals surface area contributed by atoms with E-state index in [1.54, 1.807) is 6.92 Å². The zero-order valence-corrected chi connectivity index (χ0v) is 15.4. The Kier molecular flexibility index (Phi) is 5.59. The second-order valence-corrected chi connectivity index (χ2v) is 6.96. The molecule has 0 aliphatic heterocycles. The van der Waals surface area contributed by atoms with Gasteiger partial charge in [0.2, 0.25) is 0 Å². The molecule has 124 valence electrons. The molecule has 1 N–H and O–H groups in total. The van der Waals surface area contributed by atoms with E-state index in [9.17, 15) is 4.79 Å². The van der Waals surface area contributed by atoms with E-state index < -0.39 is 12.0 Å². The molecular formula is C17H22BrN3O2. The molecule has 0 saturated carbocycles. The van der Waals surface area contributed by atoms with Crippen molar-refractivity contribution in [2.45, 2.75) is 39.3 Å². The third-order valence-electron chi connectivity index (χ3n) is 3.90. The van der Waals surface area contributed by atoms with Crippen molar-refractivity contribution < 1.29 is 9.90 Å². The molecule has 1 heterocycles. The van der Waals surface area contributed by atoms with Gasteiger partial charge in [-0.25, -0.2) is 4.68 Å². The van der Waals surface area contributed by atoms with Crippen molar-refractivity contribution >= 4 is 21.9 Å². The number of carboxylic acids is 1. The van der Waals surface area contributed by atoms with Crippen LogP contribution in [-0.2, 0) is 11.3 Å². The number of rotatable bonds is 6. The van der Waals surface area contributed by atoms with E-state index in [-0.39, 0.29) is 5.92 Å². The van der Waals surface area contributed by atoms with E-state index in [0.29, 0.717) is 6.54 Å². The molecule has 0 aliphatic rings. The van der Waals surface area contributed by atoms with Crippen LogP contribution in [0.2, 0.25) is 0 Å². The normalized spacial score (nSPS) is 12.8. The van der Waals surface area contributed by atoms with Crippen LogP contribution in [0.3, 0.4) is 0 Å². The van der Waals surface area contributed by atoms with Crippen molar-refractivity contribution in [2.75, 3.05) is 7.05 Å². The molecule has 2 rings (SSSR count). The molecule has 0 amide bonds. The molecule has 1 aromatic heterocycles. The van der Waals surface area contributed by atoms with Crippen molar-refractivity contribution in [2.24, 2.45) is 0 Å². The van der Waals surface area contributed by atoms with E-state index in [0.717, 1.165) is 21.4 Å². The van der Waals surface area contributed by atoms with E-state index >= 15 is 0 Å². The van der Waals surface area contributed by atoms with Crippen LogP contribution >= 0.6 is 15.9 Å². The summed E-state index contributed by atoms with van der Waals surface area (Å²) in [5, 5.41) is 13.8. The predicted octanol–water partition coefficient (Wildman–Crippen LogP) is 3.66. The number of hydrogen-bond acceptors (Lipinski definition) is 3. The van der Waals surface area contributed by atoms with Gasteiger partial charge in [-0.05, 0) is 44.2 Å². The average molecular weight is 380 g/mol. The largest absolute Gasteiger partial charge is 0.480 e. The van der Waals surface area contributed by atoms with Gasteiger partial charge in [-0.3, -0.25) is 9.69 Å². The number of benzene rings is 1. The Balaban J connectivity index is 2.32. The molecule has 2 aromatic rings. The fourth-order valence-corrected chi connectivity index (χ4v) is 2.62. The first-order valence-corrected chi connectivity index (χ1v) is 8.36. The standard InChI is InChI=1S/C17H22BrN3O2/c1-11(2)16-13(9-20(4)12(3)17(22)23)10-21(19-16)15-7-5-14(18)6-8-15/h5-8,10-12H,9H2,1-4H3,(H,22,23). The number of carboxylic acid groups (broad SMARTS) is 1. The third kappa shape index (κ3) is 4.20. The molecule has 6 heteroatoms. The highest BCUT2D eigenvalue weighted by Gasteiger charge is 2.20. The van der Waals surface area contributed by atoms with Gasteiger partial charge in [0.05, 0.1) is 11.4 Å². The molecule has 23 heavy (non-hydrogen) atoms. The molecule has 0 saturated heterocycles. The summed E-state index contributed by atoms with van der Waals surface area (Å²) in [7, 11) is 1.82. The van der Waals surface area contributed by atoms with Gasteiger partial charge in [-0.15, -0.1) is 0 Å². The van der Waals surface area contributed by atoms with Crippen LogP contribution < -0.4 is 0 Å². The first kappa shape index (κ1) is 17.7. The Morgan fingerprint density at radius 1 is 1.30 bits per heavy atom. The highest BCUT2D eigenvalue weighted by Crippen LogP contribution is 2.22. The number of aromatic nitrogens is 2. The number of hydrogen-bond donors (Lipinski definition) is 1. The van der Waals surface area contributed by atoms with Gasteiger partial charge in [-0.1, -0.05) is 29.8 Å². The monoisotopic (exact) mass is 379 g/mol. The number of halogens is 1. The molecule has 1 atom stereocenters. The van der Waals surface area contributed by atoms with Crippen LogP contribution in [0.25, 0.3) is 5.69 Å². The molecule has 0 bridgehead atoms. The summed E-state index contributed by atoms with van der Waals surface area (Å²) in [6, 6.07) is 7.41. The lowest BCUT2D eigenvalue weighted by molar-refractivity contribution is -0.142. The maximum atomic E-state index is 11.1. The summed E-state index contributed by atoms with van der Waals surface area (Å²) >= 11 is 3.43. The zero-order valence-electron chi connectivity index (χ0n) is 13.8. The topological polar surface area (TPSA) is 58.4 Å². The molecule has 1 aromatic carbocycles. The van der Waals surface area contributed by atoms with Gasteiger partial charge < -0.3 is 5.11 Å². The average Bonchev–Trinajstić information content (AvgIpc) is 2.91. The Labute approximate surface area is 145 Å². The second kappa shape index (κ2) is 7.27. The summed E-state index contributed by atoms with van der Waals surface area (Å²) in [5.74, 6) is -0.547. The van der Waals surface area contributed by atoms with Crippen LogP contribution in [-0.4, -0.2) is 38.8 Å². The van der Waals surface area contributed by atoms with Gasteiger partial charge in [0.1, 0.15) is 6.04 Å². The first-order valence-electron chi connectivity index (χ1n) is 7.57. The Bertz CT molecular complexity index is 680. The van der Waals surface area contributed by atoms with E-state index in [1.165, 1.54) is 0 Å². The van der Waals surface area contributed by atoms with Crippen molar-refractivity contribution in [3.8, 4) is 5.69 Å². The summed E-state index contributed by atoms with van der Waals surface area (Å²) in [6.45, 7) is 6.44. The number of likely N-dealkylation sites (N-methyl/N-ethyl adjacent to an activating group) is 1. The quantitative estimate of drug-likeness (QED) is 0.831. The number of carbonyl (C=O) groups is 1. The van der Waals surface area contributed by atoms with Crippen LogP contribution in [0.1, 0.15) is 37.9 Å². The van der Waals surface area contributed by atoms with Gasteiger partial charge in [0, 0.05) is 22.8 Å². The van der Waals surface area contributed by atoms with Crippen molar-refractivity contribution in [1.82, 2.24) is 14.7 Å².